The third-order valence-electron chi connectivity index (χ3n) is 3.63. The molecule has 1 nitrogen and oxygen atoms in total. The Balaban J connectivity index is 3.12. The Morgan fingerprint density at radius 3 is 1.81 bits per heavy atom. The molecule has 90 valence electrons. The lowest BCUT2D eigenvalue weighted by Crippen LogP contribution is -2.22. The summed E-state index contributed by atoms with van der Waals surface area (Å²) in [7, 11) is 0. The first kappa shape index (κ1) is 13.2. The van der Waals surface area contributed by atoms with E-state index < -0.39 is 0 Å². The molecule has 0 aliphatic rings. The minimum Gasteiger partial charge on any atom is -0.324 e. The first-order chi connectivity index (χ1) is 7.51. The summed E-state index contributed by atoms with van der Waals surface area (Å²) >= 11 is 0. The average Bonchev–Trinajstić information content (AvgIpc) is 2.17. The molecule has 1 unspecified atom stereocenters. The molecule has 1 atom stereocenters. The van der Waals surface area contributed by atoms with Crippen molar-refractivity contribution in [2.24, 2.45) is 11.7 Å². The molecule has 0 bridgehead atoms. The van der Waals surface area contributed by atoms with Crippen LogP contribution in [0.2, 0.25) is 0 Å². The molecule has 1 rings (SSSR count). The number of hydrogen-bond donors (Lipinski definition) is 1. The fourth-order valence-electron chi connectivity index (χ4n) is 2.75. The first-order valence-electron chi connectivity index (χ1n) is 6.34. The Morgan fingerprint density at radius 2 is 1.44 bits per heavy atom. The van der Waals surface area contributed by atoms with E-state index >= 15 is 0 Å². The van der Waals surface area contributed by atoms with Gasteiger partial charge in [0.1, 0.15) is 0 Å². The van der Waals surface area contributed by atoms with Crippen molar-refractivity contribution in [1.29, 1.82) is 0 Å². The van der Waals surface area contributed by atoms with Crippen molar-refractivity contribution < 1.29 is 0 Å². The maximum absolute atomic E-state index is 6.41. The van der Waals surface area contributed by atoms with Crippen LogP contribution in [0.3, 0.4) is 0 Å². The molecular weight excluding hydrogens is 194 g/mol. The zero-order valence-corrected chi connectivity index (χ0v) is 11.3. The third-order valence-corrected chi connectivity index (χ3v) is 3.63. The molecule has 0 aliphatic carbocycles. The van der Waals surface area contributed by atoms with Crippen LogP contribution in [0, 0.1) is 26.7 Å². The molecule has 0 saturated heterocycles. The van der Waals surface area contributed by atoms with Gasteiger partial charge in [0.05, 0.1) is 0 Å². The number of hydrogen-bond acceptors (Lipinski definition) is 1. The minimum absolute atomic E-state index is 0.190. The van der Waals surface area contributed by atoms with Crippen LogP contribution in [0.15, 0.2) is 12.1 Å². The van der Waals surface area contributed by atoms with Crippen molar-refractivity contribution in [2.75, 3.05) is 0 Å². The highest BCUT2D eigenvalue weighted by Crippen LogP contribution is 2.30. The van der Waals surface area contributed by atoms with Crippen LogP contribution in [-0.2, 0) is 0 Å². The molecule has 1 aromatic carbocycles. The van der Waals surface area contributed by atoms with Gasteiger partial charge in [0.15, 0.2) is 0 Å². The molecular formula is C15H25N. The molecule has 0 aromatic heterocycles. The summed E-state index contributed by atoms with van der Waals surface area (Å²) in [6.45, 7) is 11.0. The molecule has 1 aromatic rings. The van der Waals surface area contributed by atoms with E-state index in [0.29, 0.717) is 5.92 Å². The SMILES string of the molecule is CCC(CC)C(N)c1c(C)cc(C)cc1C. The summed E-state index contributed by atoms with van der Waals surface area (Å²) in [5.41, 5.74) is 11.8. The molecule has 0 fully saturated rings. The fourth-order valence-corrected chi connectivity index (χ4v) is 2.75. The predicted octanol–water partition coefficient (Wildman–Crippen LogP) is 4.05. The molecule has 2 N–H and O–H groups in total. The van der Waals surface area contributed by atoms with Crippen molar-refractivity contribution in [2.45, 2.75) is 53.5 Å². The fraction of sp³-hybridized carbons (Fsp3) is 0.600. The zero-order chi connectivity index (χ0) is 12.3. The van der Waals surface area contributed by atoms with Crippen molar-refractivity contribution in [3.63, 3.8) is 0 Å². The van der Waals surface area contributed by atoms with E-state index in [0.717, 1.165) is 12.8 Å². The summed E-state index contributed by atoms with van der Waals surface area (Å²) in [5.74, 6) is 0.597. The zero-order valence-electron chi connectivity index (χ0n) is 11.3. The summed E-state index contributed by atoms with van der Waals surface area (Å²) < 4.78 is 0. The standard InChI is InChI=1S/C15H25N/c1-6-13(7-2)15(16)14-11(4)8-10(3)9-12(14)5/h8-9,13,15H,6-7,16H2,1-5H3. The second-order valence-electron chi connectivity index (χ2n) is 4.91. The molecule has 0 saturated carbocycles. The van der Waals surface area contributed by atoms with Gasteiger partial charge < -0.3 is 5.73 Å². The van der Waals surface area contributed by atoms with E-state index in [-0.39, 0.29) is 6.04 Å². The van der Waals surface area contributed by atoms with E-state index in [1.165, 1.54) is 22.3 Å². The Morgan fingerprint density at radius 1 is 1.00 bits per heavy atom. The van der Waals surface area contributed by atoms with Crippen molar-refractivity contribution in [3.8, 4) is 0 Å². The van der Waals surface area contributed by atoms with Crippen LogP contribution in [0.1, 0.15) is 55.0 Å². The average molecular weight is 219 g/mol. The van der Waals surface area contributed by atoms with Gasteiger partial charge in [0.2, 0.25) is 0 Å². The van der Waals surface area contributed by atoms with Gasteiger partial charge >= 0.3 is 0 Å². The Bertz CT molecular complexity index is 327. The van der Waals surface area contributed by atoms with Crippen LogP contribution < -0.4 is 5.73 Å². The van der Waals surface area contributed by atoms with E-state index in [4.69, 9.17) is 5.73 Å². The molecule has 0 radical (unpaired) electrons. The minimum atomic E-state index is 0.190. The number of nitrogens with two attached hydrogens (primary N) is 1. The maximum atomic E-state index is 6.41. The van der Waals surface area contributed by atoms with Gasteiger partial charge in [-0.15, -0.1) is 0 Å². The Hall–Kier alpha value is -0.820. The lowest BCUT2D eigenvalue weighted by Gasteiger charge is -2.25. The smallest absolute Gasteiger partial charge is 0.0328 e. The van der Waals surface area contributed by atoms with Gasteiger partial charge in [-0.2, -0.15) is 0 Å². The lowest BCUT2D eigenvalue weighted by molar-refractivity contribution is 0.403. The normalized spacial score (nSPS) is 13.2. The third kappa shape index (κ3) is 2.65. The van der Waals surface area contributed by atoms with Gasteiger partial charge in [0, 0.05) is 6.04 Å². The predicted molar refractivity (Wildman–Crippen MR) is 71.7 cm³/mol. The highest BCUT2D eigenvalue weighted by Gasteiger charge is 2.19. The Kier molecular flexibility index (Phi) is 4.55. The highest BCUT2D eigenvalue weighted by atomic mass is 14.7. The lowest BCUT2D eigenvalue weighted by atomic mass is 9.84. The van der Waals surface area contributed by atoms with Crippen LogP contribution >= 0.6 is 0 Å². The van der Waals surface area contributed by atoms with Crippen LogP contribution in [0.25, 0.3) is 0 Å². The van der Waals surface area contributed by atoms with Crippen molar-refractivity contribution in [3.05, 3.63) is 34.4 Å². The molecule has 0 heterocycles. The number of benzene rings is 1. The number of aryl methyl sites for hydroxylation is 3. The van der Waals surface area contributed by atoms with Crippen molar-refractivity contribution in [1.82, 2.24) is 0 Å². The van der Waals surface area contributed by atoms with E-state index in [1.807, 2.05) is 0 Å². The first-order valence-corrected chi connectivity index (χ1v) is 6.34. The van der Waals surface area contributed by atoms with E-state index in [2.05, 4.69) is 46.8 Å². The number of rotatable bonds is 4. The van der Waals surface area contributed by atoms with Gasteiger partial charge in [-0.3, -0.25) is 0 Å². The highest BCUT2D eigenvalue weighted by molar-refractivity contribution is 5.39. The van der Waals surface area contributed by atoms with Crippen molar-refractivity contribution >= 4 is 0 Å². The van der Waals surface area contributed by atoms with Crippen LogP contribution in [0.5, 0.6) is 0 Å². The van der Waals surface area contributed by atoms with E-state index in [1.54, 1.807) is 0 Å². The molecule has 0 aliphatic heterocycles. The summed E-state index contributed by atoms with van der Waals surface area (Å²) in [6, 6.07) is 4.67. The second kappa shape index (κ2) is 5.49. The van der Waals surface area contributed by atoms with Crippen LogP contribution in [0.4, 0.5) is 0 Å². The largest absolute Gasteiger partial charge is 0.324 e. The molecule has 0 amide bonds. The van der Waals surface area contributed by atoms with Gasteiger partial charge in [-0.05, 0) is 43.4 Å². The summed E-state index contributed by atoms with van der Waals surface area (Å²) in [4.78, 5) is 0. The Labute approximate surface area is 100 Å². The maximum Gasteiger partial charge on any atom is 0.0328 e. The summed E-state index contributed by atoms with van der Waals surface area (Å²) in [5, 5.41) is 0. The second-order valence-corrected chi connectivity index (χ2v) is 4.91. The molecule has 0 spiro atoms. The molecule has 16 heavy (non-hydrogen) atoms. The summed E-state index contributed by atoms with van der Waals surface area (Å²) in [6.07, 6.45) is 2.31. The van der Waals surface area contributed by atoms with E-state index in [9.17, 15) is 0 Å². The van der Waals surface area contributed by atoms with Gasteiger partial charge in [-0.25, -0.2) is 0 Å². The quantitative estimate of drug-likeness (QED) is 0.812. The monoisotopic (exact) mass is 219 g/mol. The molecule has 1 heteroatoms. The van der Waals surface area contributed by atoms with Crippen LogP contribution in [-0.4, -0.2) is 0 Å². The topological polar surface area (TPSA) is 26.0 Å². The van der Waals surface area contributed by atoms with Gasteiger partial charge in [-0.1, -0.05) is 44.4 Å². The van der Waals surface area contributed by atoms with Gasteiger partial charge in [0.25, 0.3) is 0 Å².